The summed E-state index contributed by atoms with van der Waals surface area (Å²) in [6.45, 7) is 2.67. The van der Waals surface area contributed by atoms with Gasteiger partial charge in [-0.05, 0) is 42.8 Å². The number of benzene rings is 1. The van der Waals surface area contributed by atoms with Gasteiger partial charge in [-0.2, -0.15) is 0 Å². The maximum atomic E-state index is 5.80. The van der Waals surface area contributed by atoms with Crippen LogP contribution in [0.15, 0.2) is 51.3 Å². The fraction of sp³-hybridized carbons (Fsp3) is 0.200. The lowest BCUT2D eigenvalue weighted by atomic mass is 10.2. The topological polar surface area (TPSA) is 38.3 Å². The molecule has 0 spiro atoms. The molecular formula is C15H14ClNO2. The molecule has 1 aromatic carbocycles. The second kappa shape index (κ2) is 5.11. The van der Waals surface area contributed by atoms with Crippen LogP contribution >= 0.6 is 11.6 Å². The van der Waals surface area contributed by atoms with Crippen molar-refractivity contribution in [2.75, 3.05) is 0 Å². The predicted molar refractivity (Wildman–Crippen MR) is 75.2 cm³/mol. The number of hydrogen-bond donors (Lipinski definition) is 1. The molecule has 3 aromatic rings. The van der Waals surface area contributed by atoms with E-state index in [4.69, 9.17) is 20.4 Å². The number of fused-ring (bicyclic) bond motifs is 1. The zero-order chi connectivity index (χ0) is 13.2. The van der Waals surface area contributed by atoms with Gasteiger partial charge < -0.3 is 14.2 Å². The molecule has 0 aliphatic carbocycles. The number of nitrogens with one attached hydrogen (secondary N) is 1. The molecular weight excluding hydrogens is 262 g/mol. The van der Waals surface area contributed by atoms with Crippen LogP contribution in [0.4, 0.5) is 0 Å². The monoisotopic (exact) mass is 275 g/mol. The summed E-state index contributed by atoms with van der Waals surface area (Å²) in [6.07, 6.45) is 0. The van der Waals surface area contributed by atoms with E-state index < -0.39 is 0 Å². The van der Waals surface area contributed by atoms with Crippen molar-refractivity contribution >= 4 is 22.6 Å². The molecule has 3 nitrogen and oxygen atoms in total. The maximum Gasteiger partial charge on any atom is 0.193 e. The van der Waals surface area contributed by atoms with E-state index in [1.807, 2.05) is 30.3 Å². The second-order valence-corrected chi connectivity index (χ2v) is 4.87. The van der Waals surface area contributed by atoms with Crippen molar-refractivity contribution in [2.45, 2.75) is 19.5 Å². The fourth-order valence-corrected chi connectivity index (χ4v) is 2.18. The third kappa shape index (κ3) is 2.67. The number of halogens is 1. The van der Waals surface area contributed by atoms with Gasteiger partial charge in [-0.25, -0.2) is 0 Å². The molecule has 4 heteroatoms. The van der Waals surface area contributed by atoms with Gasteiger partial charge in [-0.15, -0.1) is 0 Å². The Hall–Kier alpha value is -1.71. The number of para-hydroxylation sites is 1. The number of furan rings is 2. The van der Waals surface area contributed by atoms with Gasteiger partial charge in [0.2, 0.25) is 0 Å². The highest BCUT2D eigenvalue weighted by molar-refractivity contribution is 6.28. The first-order valence-electron chi connectivity index (χ1n) is 6.18. The molecule has 0 saturated carbocycles. The predicted octanol–water partition coefficient (Wildman–Crippen LogP) is 4.53. The van der Waals surface area contributed by atoms with Gasteiger partial charge in [0.05, 0.1) is 12.6 Å². The largest absolute Gasteiger partial charge is 0.459 e. The summed E-state index contributed by atoms with van der Waals surface area (Å²) in [6, 6.07) is 13.8. The summed E-state index contributed by atoms with van der Waals surface area (Å²) < 4.78 is 11.1. The van der Waals surface area contributed by atoms with Crippen LogP contribution in [0.2, 0.25) is 5.22 Å². The van der Waals surface area contributed by atoms with Gasteiger partial charge in [0, 0.05) is 5.39 Å². The van der Waals surface area contributed by atoms with E-state index >= 15 is 0 Å². The Morgan fingerprint density at radius 1 is 1.16 bits per heavy atom. The van der Waals surface area contributed by atoms with E-state index in [2.05, 4.69) is 18.3 Å². The van der Waals surface area contributed by atoms with E-state index in [0.717, 1.165) is 22.5 Å². The van der Waals surface area contributed by atoms with Crippen LogP contribution in [0.5, 0.6) is 0 Å². The highest BCUT2D eigenvalue weighted by atomic mass is 35.5. The van der Waals surface area contributed by atoms with E-state index in [9.17, 15) is 0 Å². The first kappa shape index (κ1) is 12.3. The van der Waals surface area contributed by atoms with E-state index in [1.54, 1.807) is 6.07 Å². The van der Waals surface area contributed by atoms with E-state index in [0.29, 0.717) is 11.8 Å². The van der Waals surface area contributed by atoms with Crippen LogP contribution in [0.1, 0.15) is 24.5 Å². The summed E-state index contributed by atoms with van der Waals surface area (Å²) >= 11 is 5.73. The molecule has 0 aliphatic heterocycles. The minimum absolute atomic E-state index is 0.108. The van der Waals surface area contributed by atoms with Crippen LogP contribution in [0.25, 0.3) is 11.0 Å². The zero-order valence-corrected chi connectivity index (χ0v) is 11.3. The van der Waals surface area contributed by atoms with E-state index in [1.165, 1.54) is 0 Å². The minimum atomic E-state index is 0.108. The first-order chi connectivity index (χ1) is 9.22. The van der Waals surface area contributed by atoms with Gasteiger partial charge in [0.25, 0.3) is 0 Å². The van der Waals surface area contributed by atoms with Gasteiger partial charge in [-0.1, -0.05) is 18.2 Å². The Labute approximate surface area is 116 Å². The standard InChI is InChI=1S/C15H14ClNO2/c1-10(17-9-12-6-7-15(16)18-12)14-8-11-4-2-3-5-13(11)19-14/h2-8,10,17H,9H2,1H3. The Balaban J connectivity index is 1.71. The summed E-state index contributed by atoms with van der Waals surface area (Å²) in [7, 11) is 0. The third-order valence-electron chi connectivity index (χ3n) is 3.08. The number of hydrogen-bond acceptors (Lipinski definition) is 3. The smallest absolute Gasteiger partial charge is 0.193 e. The SMILES string of the molecule is CC(NCc1ccc(Cl)o1)c1cc2ccccc2o1. The number of rotatable bonds is 4. The Bertz CT molecular complexity index is 653. The fourth-order valence-electron chi connectivity index (χ4n) is 2.02. The lowest BCUT2D eigenvalue weighted by Gasteiger charge is -2.09. The molecule has 0 radical (unpaired) electrons. The molecule has 0 bridgehead atoms. The van der Waals surface area contributed by atoms with Crippen LogP contribution in [-0.4, -0.2) is 0 Å². The highest BCUT2D eigenvalue weighted by Gasteiger charge is 2.11. The van der Waals surface area contributed by atoms with Crippen LogP contribution in [-0.2, 0) is 6.54 Å². The van der Waals surface area contributed by atoms with E-state index in [-0.39, 0.29) is 6.04 Å². The summed E-state index contributed by atoms with van der Waals surface area (Å²) in [5.41, 5.74) is 0.909. The second-order valence-electron chi connectivity index (χ2n) is 4.50. The molecule has 0 aliphatic rings. The van der Waals surface area contributed by atoms with Crippen molar-refractivity contribution in [1.29, 1.82) is 0 Å². The molecule has 3 rings (SSSR count). The average molecular weight is 276 g/mol. The molecule has 98 valence electrons. The Morgan fingerprint density at radius 2 is 2.00 bits per heavy atom. The molecule has 2 aromatic heterocycles. The minimum Gasteiger partial charge on any atom is -0.459 e. The van der Waals surface area contributed by atoms with Crippen molar-refractivity contribution < 1.29 is 8.83 Å². The van der Waals surface area contributed by atoms with Crippen LogP contribution in [0, 0.1) is 0 Å². The van der Waals surface area contributed by atoms with Crippen molar-refractivity contribution in [3.63, 3.8) is 0 Å². The van der Waals surface area contributed by atoms with Crippen molar-refractivity contribution in [3.05, 3.63) is 59.2 Å². The van der Waals surface area contributed by atoms with Crippen LogP contribution in [0.3, 0.4) is 0 Å². The lowest BCUT2D eigenvalue weighted by molar-refractivity contribution is 0.419. The molecule has 1 N–H and O–H groups in total. The normalized spacial score (nSPS) is 12.9. The summed E-state index contributed by atoms with van der Waals surface area (Å²) in [5.74, 6) is 1.73. The van der Waals surface area contributed by atoms with Gasteiger partial charge in [0.1, 0.15) is 17.1 Å². The van der Waals surface area contributed by atoms with Crippen molar-refractivity contribution in [3.8, 4) is 0 Å². The Kier molecular flexibility index (Phi) is 3.32. The summed E-state index contributed by atoms with van der Waals surface area (Å²) in [4.78, 5) is 0. The van der Waals surface area contributed by atoms with Gasteiger partial charge in [-0.3, -0.25) is 0 Å². The quantitative estimate of drug-likeness (QED) is 0.760. The summed E-state index contributed by atoms with van der Waals surface area (Å²) in [5, 5.41) is 4.87. The zero-order valence-electron chi connectivity index (χ0n) is 10.5. The van der Waals surface area contributed by atoms with Crippen molar-refractivity contribution in [1.82, 2.24) is 5.32 Å². The van der Waals surface area contributed by atoms with Crippen LogP contribution < -0.4 is 5.32 Å². The maximum absolute atomic E-state index is 5.80. The molecule has 2 heterocycles. The lowest BCUT2D eigenvalue weighted by Crippen LogP contribution is -2.17. The van der Waals surface area contributed by atoms with Gasteiger partial charge >= 0.3 is 0 Å². The Morgan fingerprint density at radius 3 is 2.74 bits per heavy atom. The first-order valence-corrected chi connectivity index (χ1v) is 6.56. The third-order valence-corrected chi connectivity index (χ3v) is 3.29. The highest BCUT2D eigenvalue weighted by Crippen LogP contribution is 2.24. The molecule has 0 fully saturated rings. The molecule has 1 atom stereocenters. The molecule has 19 heavy (non-hydrogen) atoms. The molecule has 1 unspecified atom stereocenters. The van der Waals surface area contributed by atoms with Crippen molar-refractivity contribution in [2.24, 2.45) is 0 Å². The van der Waals surface area contributed by atoms with Gasteiger partial charge in [0.15, 0.2) is 5.22 Å². The molecule has 0 saturated heterocycles. The average Bonchev–Trinajstić information content (AvgIpc) is 3.01. The molecule has 0 amide bonds.